The molecule has 0 spiro atoms. The maximum atomic E-state index is 11.5. The zero-order valence-electron chi connectivity index (χ0n) is 9.10. The quantitative estimate of drug-likeness (QED) is 0.598. The predicted molar refractivity (Wildman–Crippen MR) is 59.0 cm³/mol. The molecule has 0 unspecified atom stereocenters. The molecule has 0 aliphatic heterocycles. The average molecular weight is 237 g/mol. The molecule has 0 aliphatic carbocycles. The van der Waals surface area contributed by atoms with Crippen molar-refractivity contribution < 1.29 is 14.5 Å². The van der Waals surface area contributed by atoms with Crippen molar-refractivity contribution in [2.24, 2.45) is 0 Å². The number of nitrogens with one attached hydrogen (secondary N) is 2. The fraction of sp³-hybridized carbons (Fsp3) is 0.200. The van der Waals surface area contributed by atoms with Crippen LogP contribution in [0, 0.1) is 10.1 Å². The fourth-order valence-corrected chi connectivity index (χ4v) is 1.05. The molecular weight excluding hydrogens is 226 g/mol. The van der Waals surface area contributed by atoms with Gasteiger partial charge in [0, 0.05) is 24.1 Å². The van der Waals surface area contributed by atoms with Crippen molar-refractivity contribution in [2.45, 2.75) is 13.3 Å². The van der Waals surface area contributed by atoms with E-state index in [1.807, 2.05) is 0 Å². The topological polar surface area (TPSA) is 101 Å². The standard InChI is InChI=1S/C10H11N3O4/c1-2-9(14)11-12-10(15)7-4-3-5-8(6-7)13(16)17/h3-6H,2H2,1H3,(H,11,14)(H,12,15). The number of benzene rings is 1. The molecule has 1 aromatic carbocycles. The summed E-state index contributed by atoms with van der Waals surface area (Å²) in [6.45, 7) is 1.63. The largest absolute Gasteiger partial charge is 0.273 e. The van der Waals surface area contributed by atoms with Gasteiger partial charge in [-0.3, -0.25) is 30.6 Å². The summed E-state index contributed by atoms with van der Waals surface area (Å²) in [6, 6.07) is 5.23. The van der Waals surface area contributed by atoms with Gasteiger partial charge >= 0.3 is 0 Å². The molecule has 0 radical (unpaired) electrons. The number of hydrogen-bond acceptors (Lipinski definition) is 4. The van der Waals surface area contributed by atoms with Crippen LogP contribution in [-0.2, 0) is 4.79 Å². The van der Waals surface area contributed by atoms with Gasteiger partial charge in [-0.05, 0) is 6.07 Å². The van der Waals surface area contributed by atoms with Gasteiger partial charge in [-0.15, -0.1) is 0 Å². The molecule has 0 saturated carbocycles. The van der Waals surface area contributed by atoms with Crippen LogP contribution in [0.2, 0.25) is 0 Å². The Morgan fingerprint density at radius 3 is 2.65 bits per heavy atom. The molecular formula is C10H11N3O4. The SMILES string of the molecule is CCC(=O)NNC(=O)c1cccc([N+](=O)[O-])c1. The number of nitro groups is 1. The second-order valence-electron chi connectivity index (χ2n) is 3.16. The van der Waals surface area contributed by atoms with E-state index in [1.54, 1.807) is 6.92 Å². The van der Waals surface area contributed by atoms with Crippen LogP contribution in [0.4, 0.5) is 5.69 Å². The summed E-state index contributed by atoms with van der Waals surface area (Å²) in [5.41, 5.74) is 4.25. The van der Waals surface area contributed by atoms with E-state index in [1.165, 1.54) is 18.2 Å². The maximum absolute atomic E-state index is 11.5. The highest BCUT2D eigenvalue weighted by molar-refractivity contribution is 5.95. The highest BCUT2D eigenvalue weighted by atomic mass is 16.6. The Kier molecular flexibility index (Phi) is 4.15. The molecule has 0 saturated heterocycles. The van der Waals surface area contributed by atoms with E-state index in [0.717, 1.165) is 6.07 Å². The van der Waals surface area contributed by atoms with Gasteiger partial charge in [-0.25, -0.2) is 0 Å². The highest BCUT2D eigenvalue weighted by Crippen LogP contribution is 2.12. The van der Waals surface area contributed by atoms with Gasteiger partial charge in [0.2, 0.25) is 5.91 Å². The Bertz CT molecular complexity index is 459. The van der Waals surface area contributed by atoms with E-state index in [4.69, 9.17) is 0 Å². The van der Waals surface area contributed by atoms with E-state index in [-0.39, 0.29) is 23.6 Å². The summed E-state index contributed by atoms with van der Waals surface area (Å²) in [4.78, 5) is 32.3. The Hall–Kier alpha value is -2.44. The molecule has 0 aliphatic rings. The van der Waals surface area contributed by atoms with Gasteiger partial charge < -0.3 is 0 Å². The van der Waals surface area contributed by atoms with Crippen molar-refractivity contribution >= 4 is 17.5 Å². The molecule has 7 nitrogen and oxygen atoms in total. The summed E-state index contributed by atoms with van der Waals surface area (Å²) >= 11 is 0. The first kappa shape index (κ1) is 12.6. The number of nitrogens with zero attached hydrogens (tertiary/aromatic N) is 1. The first-order valence-electron chi connectivity index (χ1n) is 4.88. The Morgan fingerprint density at radius 2 is 2.06 bits per heavy atom. The van der Waals surface area contributed by atoms with E-state index in [9.17, 15) is 19.7 Å². The zero-order valence-corrected chi connectivity index (χ0v) is 9.10. The highest BCUT2D eigenvalue weighted by Gasteiger charge is 2.11. The van der Waals surface area contributed by atoms with Gasteiger partial charge in [-0.2, -0.15) is 0 Å². The Balaban J connectivity index is 2.72. The number of hydrazine groups is 1. The molecule has 1 rings (SSSR count). The third kappa shape index (κ3) is 3.56. The molecule has 2 N–H and O–H groups in total. The van der Waals surface area contributed by atoms with Crippen molar-refractivity contribution in [2.75, 3.05) is 0 Å². The average Bonchev–Trinajstić information content (AvgIpc) is 2.35. The van der Waals surface area contributed by atoms with Crippen LogP contribution in [-0.4, -0.2) is 16.7 Å². The van der Waals surface area contributed by atoms with Gasteiger partial charge in [0.05, 0.1) is 4.92 Å². The van der Waals surface area contributed by atoms with Crippen molar-refractivity contribution in [1.82, 2.24) is 10.9 Å². The number of nitro benzene ring substituents is 1. The summed E-state index contributed by atoms with van der Waals surface area (Å²) in [6.07, 6.45) is 0.231. The lowest BCUT2D eigenvalue weighted by molar-refractivity contribution is -0.384. The molecule has 7 heteroatoms. The van der Waals surface area contributed by atoms with Crippen LogP contribution in [0.1, 0.15) is 23.7 Å². The van der Waals surface area contributed by atoms with Crippen LogP contribution >= 0.6 is 0 Å². The molecule has 0 atom stereocenters. The van der Waals surface area contributed by atoms with E-state index < -0.39 is 10.8 Å². The number of rotatable bonds is 3. The smallest absolute Gasteiger partial charge is 0.270 e. The normalized spacial score (nSPS) is 9.47. The first-order chi connectivity index (χ1) is 8.04. The van der Waals surface area contributed by atoms with Crippen LogP contribution in [0.3, 0.4) is 0 Å². The van der Waals surface area contributed by atoms with E-state index in [0.29, 0.717) is 0 Å². The van der Waals surface area contributed by atoms with Crippen molar-refractivity contribution in [3.05, 3.63) is 39.9 Å². The summed E-state index contributed by atoms with van der Waals surface area (Å²) < 4.78 is 0. The molecule has 0 aromatic heterocycles. The minimum absolute atomic E-state index is 0.107. The Labute approximate surface area is 96.9 Å². The summed E-state index contributed by atoms with van der Waals surface area (Å²) in [5, 5.41) is 10.5. The van der Waals surface area contributed by atoms with Crippen LogP contribution in [0.25, 0.3) is 0 Å². The monoisotopic (exact) mass is 237 g/mol. The van der Waals surface area contributed by atoms with Crippen LogP contribution in [0.15, 0.2) is 24.3 Å². The van der Waals surface area contributed by atoms with Gasteiger partial charge in [-0.1, -0.05) is 13.0 Å². The molecule has 1 aromatic rings. The number of carbonyl (C=O) groups is 2. The third-order valence-electron chi connectivity index (χ3n) is 1.96. The number of non-ortho nitro benzene ring substituents is 1. The second kappa shape index (κ2) is 5.59. The van der Waals surface area contributed by atoms with Gasteiger partial charge in [0.1, 0.15) is 0 Å². The lowest BCUT2D eigenvalue weighted by atomic mass is 10.2. The third-order valence-corrected chi connectivity index (χ3v) is 1.96. The fourth-order valence-electron chi connectivity index (χ4n) is 1.05. The van der Waals surface area contributed by atoms with Crippen molar-refractivity contribution in [3.8, 4) is 0 Å². The van der Waals surface area contributed by atoms with Gasteiger partial charge in [0.25, 0.3) is 11.6 Å². The zero-order chi connectivity index (χ0) is 12.8. The molecule has 17 heavy (non-hydrogen) atoms. The van der Waals surface area contributed by atoms with E-state index in [2.05, 4.69) is 10.9 Å². The van der Waals surface area contributed by atoms with E-state index >= 15 is 0 Å². The minimum Gasteiger partial charge on any atom is -0.273 e. The molecule has 0 heterocycles. The lowest BCUT2D eigenvalue weighted by Crippen LogP contribution is -2.41. The summed E-state index contributed by atoms with van der Waals surface area (Å²) in [5.74, 6) is -0.945. The lowest BCUT2D eigenvalue weighted by Gasteiger charge is -2.05. The minimum atomic E-state index is -0.601. The maximum Gasteiger partial charge on any atom is 0.270 e. The summed E-state index contributed by atoms with van der Waals surface area (Å²) in [7, 11) is 0. The second-order valence-corrected chi connectivity index (χ2v) is 3.16. The number of hydrogen-bond donors (Lipinski definition) is 2. The molecule has 0 bridgehead atoms. The van der Waals surface area contributed by atoms with Crippen LogP contribution < -0.4 is 10.9 Å². The van der Waals surface area contributed by atoms with Crippen molar-refractivity contribution in [3.63, 3.8) is 0 Å². The Morgan fingerprint density at radius 1 is 1.35 bits per heavy atom. The van der Waals surface area contributed by atoms with Crippen LogP contribution in [0.5, 0.6) is 0 Å². The molecule has 2 amide bonds. The number of carbonyl (C=O) groups excluding carboxylic acids is 2. The number of amides is 2. The molecule has 90 valence electrons. The first-order valence-corrected chi connectivity index (χ1v) is 4.88. The predicted octanol–water partition coefficient (Wildman–Crippen LogP) is 0.766. The van der Waals surface area contributed by atoms with Crippen molar-refractivity contribution in [1.29, 1.82) is 0 Å². The molecule has 0 fully saturated rings. The van der Waals surface area contributed by atoms with Gasteiger partial charge in [0.15, 0.2) is 0 Å².